The molecule has 0 aromatic heterocycles. The molecule has 1 unspecified atom stereocenters. The third-order valence-corrected chi connectivity index (χ3v) is 4.58. The van der Waals surface area contributed by atoms with Crippen LogP contribution in [0, 0.1) is 5.41 Å². The maximum Gasteiger partial charge on any atom is 0.178 e. The van der Waals surface area contributed by atoms with Crippen molar-refractivity contribution >= 4 is 6.72 Å². The summed E-state index contributed by atoms with van der Waals surface area (Å²) in [5.41, 5.74) is 1.55. The Hall–Kier alpha value is -0.850. The average Bonchev–Trinajstić information content (AvgIpc) is 2.33. The lowest BCUT2D eigenvalue weighted by Gasteiger charge is -2.39. The monoisotopic (exact) mass is 236 g/mol. The van der Waals surface area contributed by atoms with E-state index in [-0.39, 0.29) is 11.0 Å². The Kier molecular flexibility index (Phi) is 5.87. The Bertz CT molecular complexity index is 320. The molecule has 0 aliphatic carbocycles. The SMILES string of the molecule is C=[N+](/C(C)=C/C=C\C)C(C)(CC)C(C)(C)CC. The van der Waals surface area contributed by atoms with E-state index in [0.29, 0.717) is 0 Å². The zero-order valence-corrected chi connectivity index (χ0v) is 12.8. The summed E-state index contributed by atoms with van der Waals surface area (Å²) >= 11 is 0. The van der Waals surface area contributed by atoms with Crippen molar-refractivity contribution in [1.82, 2.24) is 0 Å². The van der Waals surface area contributed by atoms with Gasteiger partial charge in [0.25, 0.3) is 0 Å². The quantitative estimate of drug-likeness (QED) is 0.354. The van der Waals surface area contributed by atoms with E-state index in [9.17, 15) is 0 Å². The molecule has 0 rings (SSSR count). The molecule has 98 valence electrons. The minimum atomic E-state index is 0.0872. The molecule has 1 atom stereocenters. The lowest BCUT2D eigenvalue weighted by molar-refractivity contribution is -0.575. The highest BCUT2D eigenvalue weighted by Crippen LogP contribution is 2.40. The van der Waals surface area contributed by atoms with Crippen molar-refractivity contribution in [2.45, 2.75) is 66.8 Å². The Morgan fingerprint density at radius 3 is 2.06 bits per heavy atom. The molecule has 0 radical (unpaired) electrons. The van der Waals surface area contributed by atoms with Crippen LogP contribution in [0.4, 0.5) is 0 Å². The van der Waals surface area contributed by atoms with Gasteiger partial charge in [-0.1, -0.05) is 39.8 Å². The second-order valence-electron chi connectivity index (χ2n) is 5.63. The molecule has 0 N–H and O–H groups in total. The van der Waals surface area contributed by atoms with Crippen LogP contribution in [0.1, 0.15) is 61.3 Å². The van der Waals surface area contributed by atoms with E-state index in [2.05, 4.69) is 65.0 Å². The van der Waals surface area contributed by atoms with E-state index in [4.69, 9.17) is 0 Å². The Morgan fingerprint density at radius 1 is 1.18 bits per heavy atom. The van der Waals surface area contributed by atoms with Gasteiger partial charge in [0.05, 0.1) is 0 Å². The summed E-state index contributed by atoms with van der Waals surface area (Å²) in [4.78, 5) is 0. The van der Waals surface area contributed by atoms with Crippen molar-refractivity contribution in [2.24, 2.45) is 5.41 Å². The summed E-state index contributed by atoms with van der Waals surface area (Å²) < 4.78 is 2.19. The van der Waals surface area contributed by atoms with E-state index in [1.807, 2.05) is 13.0 Å². The van der Waals surface area contributed by atoms with Gasteiger partial charge in [-0.05, 0) is 13.3 Å². The molecule has 1 nitrogen and oxygen atoms in total. The second kappa shape index (κ2) is 6.18. The standard InChI is InChI=1S/C16H30N/c1-9-12-13-14(4)17(8)16(7,11-3)15(5,6)10-2/h9,12-13H,8,10-11H2,1-7H3/q+1/b12-9-,14-13+. The van der Waals surface area contributed by atoms with Crippen molar-refractivity contribution < 1.29 is 4.58 Å². The van der Waals surface area contributed by atoms with Crippen LogP contribution in [0.2, 0.25) is 0 Å². The molecule has 0 heterocycles. The number of hydrogen-bond acceptors (Lipinski definition) is 0. The van der Waals surface area contributed by atoms with Crippen LogP contribution in [0.3, 0.4) is 0 Å². The van der Waals surface area contributed by atoms with E-state index >= 15 is 0 Å². The summed E-state index contributed by atoms with van der Waals surface area (Å²) in [6.07, 6.45) is 8.50. The van der Waals surface area contributed by atoms with Gasteiger partial charge < -0.3 is 0 Å². The van der Waals surface area contributed by atoms with Gasteiger partial charge in [0.1, 0.15) is 6.72 Å². The number of nitrogens with zero attached hydrogens (tertiary/aromatic N) is 1. The normalized spacial score (nSPS) is 17.2. The molecule has 1 heteroatoms. The number of hydrogen-bond donors (Lipinski definition) is 0. The molecular formula is C16H30N+. The van der Waals surface area contributed by atoms with Crippen LogP contribution in [0.5, 0.6) is 0 Å². The fourth-order valence-electron chi connectivity index (χ4n) is 2.13. The number of rotatable bonds is 6. The Balaban J connectivity index is 5.33. The average molecular weight is 236 g/mol. The van der Waals surface area contributed by atoms with Crippen molar-refractivity contribution in [2.75, 3.05) is 0 Å². The molecule has 17 heavy (non-hydrogen) atoms. The van der Waals surface area contributed by atoms with Crippen LogP contribution in [0.15, 0.2) is 23.9 Å². The molecule has 0 bridgehead atoms. The van der Waals surface area contributed by atoms with Gasteiger partial charge in [-0.2, -0.15) is 0 Å². The highest BCUT2D eigenvalue weighted by Gasteiger charge is 2.47. The van der Waals surface area contributed by atoms with Crippen LogP contribution in [-0.4, -0.2) is 16.8 Å². The zero-order valence-electron chi connectivity index (χ0n) is 12.8. The molecule has 0 amide bonds. The van der Waals surface area contributed by atoms with E-state index in [0.717, 1.165) is 12.8 Å². The highest BCUT2D eigenvalue weighted by molar-refractivity contribution is 5.20. The molecule has 0 spiro atoms. The van der Waals surface area contributed by atoms with Crippen molar-refractivity contribution in [1.29, 1.82) is 0 Å². The Labute approximate surface area is 108 Å². The third-order valence-electron chi connectivity index (χ3n) is 4.58. The fraction of sp³-hybridized carbons (Fsp3) is 0.688. The summed E-state index contributed by atoms with van der Waals surface area (Å²) in [5, 5.41) is 0. The lowest BCUT2D eigenvalue weighted by atomic mass is 9.69. The summed E-state index contributed by atoms with van der Waals surface area (Å²) in [5.74, 6) is 0. The van der Waals surface area contributed by atoms with E-state index in [1.54, 1.807) is 0 Å². The second-order valence-corrected chi connectivity index (χ2v) is 5.63. The summed E-state index contributed by atoms with van der Waals surface area (Å²) in [7, 11) is 0. The molecule has 0 saturated carbocycles. The van der Waals surface area contributed by atoms with Gasteiger partial charge in [0.15, 0.2) is 11.2 Å². The minimum Gasteiger partial charge on any atom is -0.204 e. The predicted molar refractivity (Wildman–Crippen MR) is 78.7 cm³/mol. The van der Waals surface area contributed by atoms with Gasteiger partial charge in [-0.25, -0.2) is 4.58 Å². The van der Waals surface area contributed by atoms with Crippen molar-refractivity contribution in [3.05, 3.63) is 23.9 Å². The van der Waals surface area contributed by atoms with Crippen molar-refractivity contribution in [3.63, 3.8) is 0 Å². The topological polar surface area (TPSA) is 3.01 Å². The molecule has 0 saturated heterocycles. The van der Waals surface area contributed by atoms with Gasteiger partial charge >= 0.3 is 0 Å². The van der Waals surface area contributed by atoms with E-state index < -0.39 is 0 Å². The van der Waals surface area contributed by atoms with Crippen LogP contribution in [0.25, 0.3) is 0 Å². The molecule has 0 fully saturated rings. The molecule has 0 aromatic carbocycles. The lowest BCUT2D eigenvalue weighted by Crippen LogP contribution is -2.49. The first-order chi connectivity index (χ1) is 7.76. The Morgan fingerprint density at radius 2 is 1.71 bits per heavy atom. The summed E-state index contributed by atoms with van der Waals surface area (Å²) in [6.45, 7) is 19.9. The fourth-order valence-corrected chi connectivity index (χ4v) is 2.13. The largest absolute Gasteiger partial charge is 0.204 e. The first-order valence-corrected chi connectivity index (χ1v) is 6.67. The maximum absolute atomic E-state index is 4.28. The smallest absolute Gasteiger partial charge is 0.178 e. The van der Waals surface area contributed by atoms with Crippen LogP contribution >= 0.6 is 0 Å². The first kappa shape index (κ1) is 16.1. The van der Waals surface area contributed by atoms with Crippen LogP contribution in [-0.2, 0) is 0 Å². The molecule has 0 aliphatic heterocycles. The molecule has 0 aromatic rings. The third kappa shape index (κ3) is 3.31. The van der Waals surface area contributed by atoms with Gasteiger partial charge in [0, 0.05) is 31.8 Å². The zero-order chi connectivity index (χ0) is 13.7. The van der Waals surface area contributed by atoms with E-state index in [1.165, 1.54) is 5.70 Å². The highest BCUT2D eigenvalue weighted by atomic mass is 15.1. The van der Waals surface area contributed by atoms with Crippen LogP contribution < -0.4 is 0 Å². The minimum absolute atomic E-state index is 0.0872. The first-order valence-electron chi connectivity index (χ1n) is 6.67. The van der Waals surface area contributed by atoms with Gasteiger partial charge in [0.2, 0.25) is 0 Å². The molecular weight excluding hydrogens is 206 g/mol. The summed E-state index contributed by atoms with van der Waals surface area (Å²) in [6, 6.07) is 0. The molecule has 0 aliphatic rings. The number of allylic oxidation sites excluding steroid dienone is 4. The van der Waals surface area contributed by atoms with Crippen molar-refractivity contribution in [3.8, 4) is 0 Å². The predicted octanol–water partition coefficient (Wildman–Crippen LogP) is 4.78. The van der Waals surface area contributed by atoms with Gasteiger partial charge in [-0.15, -0.1) is 0 Å². The van der Waals surface area contributed by atoms with Gasteiger partial charge in [-0.3, -0.25) is 0 Å². The maximum atomic E-state index is 4.28.